The fourth-order valence-electron chi connectivity index (χ4n) is 1.83. The number of carbonyl (C=O) groups is 1. The maximum absolute atomic E-state index is 11.6. The Morgan fingerprint density at radius 2 is 1.17 bits per heavy atom. The first kappa shape index (κ1) is 23.3. The second-order valence-electron chi connectivity index (χ2n) is 6.55. The summed E-state index contributed by atoms with van der Waals surface area (Å²) in [4.78, 5) is 13.3. The van der Waals surface area contributed by atoms with Crippen molar-refractivity contribution in [3.05, 3.63) is 0 Å². The monoisotopic (exact) mass is 347 g/mol. The molecule has 0 aromatic rings. The molecule has 0 aromatic heterocycles. The molecule has 24 heavy (non-hydrogen) atoms. The van der Waals surface area contributed by atoms with Crippen LogP contribution in [-0.2, 0) is 23.7 Å². The molecule has 0 N–H and O–H groups in total. The van der Waals surface area contributed by atoms with E-state index in [0.717, 1.165) is 13.0 Å². The summed E-state index contributed by atoms with van der Waals surface area (Å²) in [5, 5.41) is 0. The number of hydrogen-bond acceptors (Lipinski definition) is 5. The zero-order chi connectivity index (χ0) is 18.2. The quantitative estimate of drug-likeness (QED) is 0.401. The van der Waals surface area contributed by atoms with Gasteiger partial charge in [-0.05, 0) is 12.3 Å². The maximum Gasteiger partial charge on any atom is 0.224 e. The molecule has 0 saturated carbocycles. The lowest BCUT2D eigenvalue weighted by molar-refractivity contribution is -0.133. The average Bonchev–Trinajstić information content (AvgIpc) is 2.53. The van der Waals surface area contributed by atoms with Gasteiger partial charge in [-0.25, -0.2) is 0 Å². The summed E-state index contributed by atoms with van der Waals surface area (Å²) in [6, 6.07) is 0. The van der Waals surface area contributed by atoms with Crippen LogP contribution in [0.3, 0.4) is 0 Å². The van der Waals surface area contributed by atoms with Crippen LogP contribution >= 0.6 is 0 Å². The zero-order valence-electron chi connectivity index (χ0n) is 16.2. The first-order valence-electron chi connectivity index (χ1n) is 9.01. The molecule has 0 unspecified atom stereocenters. The minimum Gasteiger partial charge on any atom is -0.379 e. The summed E-state index contributed by atoms with van der Waals surface area (Å²) in [5.74, 6) is 0.844. The van der Waals surface area contributed by atoms with Crippen molar-refractivity contribution in [1.29, 1.82) is 0 Å². The van der Waals surface area contributed by atoms with Gasteiger partial charge >= 0.3 is 0 Å². The minimum absolute atomic E-state index is 0.0268. The van der Waals surface area contributed by atoms with Crippen LogP contribution in [0.25, 0.3) is 0 Å². The molecule has 1 amide bonds. The molecule has 0 aliphatic heterocycles. The van der Waals surface area contributed by atoms with E-state index in [1.807, 2.05) is 13.8 Å². The summed E-state index contributed by atoms with van der Waals surface area (Å²) in [6.45, 7) is 13.5. The van der Waals surface area contributed by atoms with Crippen molar-refractivity contribution in [2.75, 3.05) is 66.4 Å². The van der Waals surface area contributed by atoms with Gasteiger partial charge in [0.05, 0.1) is 46.2 Å². The Kier molecular flexibility index (Phi) is 15.4. The van der Waals surface area contributed by atoms with E-state index in [-0.39, 0.29) is 11.8 Å². The van der Waals surface area contributed by atoms with Crippen LogP contribution in [0.1, 0.15) is 34.1 Å². The molecule has 0 saturated heterocycles. The van der Waals surface area contributed by atoms with Crippen LogP contribution in [0.2, 0.25) is 0 Å². The summed E-state index contributed by atoms with van der Waals surface area (Å²) in [5.41, 5.74) is 0. The third-order valence-electron chi connectivity index (χ3n) is 3.40. The van der Waals surface area contributed by atoms with Crippen molar-refractivity contribution in [3.8, 4) is 0 Å². The van der Waals surface area contributed by atoms with Gasteiger partial charge in [-0.1, -0.05) is 27.7 Å². The highest BCUT2D eigenvalue weighted by molar-refractivity contribution is 5.77. The minimum atomic E-state index is 0.0268. The van der Waals surface area contributed by atoms with Gasteiger partial charge < -0.3 is 23.8 Å². The molecule has 0 aliphatic carbocycles. The molecular weight excluding hydrogens is 310 g/mol. The second-order valence-corrected chi connectivity index (χ2v) is 6.55. The smallest absolute Gasteiger partial charge is 0.224 e. The van der Waals surface area contributed by atoms with Gasteiger partial charge in [0.25, 0.3) is 0 Å². The standard InChI is InChI=1S/C18H37NO5/c1-16(2)6-8-21-10-12-23-14-15-24-13-11-22-9-7-19(5)18(20)17(3)4/h16-17H,6-15H2,1-5H3. The van der Waals surface area contributed by atoms with Crippen molar-refractivity contribution in [2.45, 2.75) is 34.1 Å². The largest absolute Gasteiger partial charge is 0.379 e. The van der Waals surface area contributed by atoms with E-state index in [1.165, 1.54) is 0 Å². The number of rotatable bonds is 16. The lowest BCUT2D eigenvalue weighted by Gasteiger charge is -2.19. The Bertz CT molecular complexity index is 297. The number of likely N-dealkylation sites (N-methyl/N-ethyl adjacent to an activating group) is 1. The van der Waals surface area contributed by atoms with Gasteiger partial charge in [-0.2, -0.15) is 0 Å². The van der Waals surface area contributed by atoms with E-state index < -0.39 is 0 Å². The molecular formula is C18H37NO5. The molecule has 0 radical (unpaired) electrons. The lowest BCUT2D eigenvalue weighted by atomic mass is 10.1. The van der Waals surface area contributed by atoms with Gasteiger partial charge in [-0.15, -0.1) is 0 Å². The Morgan fingerprint density at radius 1 is 0.750 bits per heavy atom. The molecule has 0 bridgehead atoms. The molecule has 144 valence electrons. The molecule has 0 atom stereocenters. The van der Waals surface area contributed by atoms with Gasteiger partial charge in [-0.3, -0.25) is 4.79 Å². The van der Waals surface area contributed by atoms with Gasteiger partial charge in [0, 0.05) is 26.1 Å². The van der Waals surface area contributed by atoms with Crippen molar-refractivity contribution in [3.63, 3.8) is 0 Å². The van der Waals surface area contributed by atoms with E-state index in [9.17, 15) is 4.79 Å². The van der Waals surface area contributed by atoms with Crippen molar-refractivity contribution >= 4 is 5.91 Å². The van der Waals surface area contributed by atoms with Crippen molar-refractivity contribution < 1.29 is 23.7 Å². The average molecular weight is 347 g/mol. The van der Waals surface area contributed by atoms with E-state index >= 15 is 0 Å². The molecule has 6 heteroatoms. The van der Waals surface area contributed by atoms with E-state index in [1.54, 1.807) is 11.9 Å². The maximum atomic E-state index is 11.6. The molecule has 0 rings (SSSR count). The Hall–Kier alpha value is -0.690. The van der Waals surface area contributed by atoms with Gasteiger partial charge in [0.1, 0.15) is 0 Å². The van der Waals surface area contributed by atoms with E-state index in [0.29, 0.717) is 58.7 Å². The number of nitrogens with zero attached hydrogens (tertiary/aromatic N) is 1. The molecule has 0 spiro atoms. The van der Waals surface area contributed by atoms with Crippen LogP contribution in [0, 0.1) is 11.8 Å². The summed E-state index contributed by atoms with van der Waals surface area (Å²) < 4.78 is 21.7. The third-order valence-corrected chi connectivity index (χ3v) is 3.40. The van der Waals surface area contributed by atoms with Crippen LogP contribution in [-0.4, -0.2) is 77.3 Å². The van der Waals surface area contributed by atoms with Crippen LogP contribution < -0.4 is 0 Å². The predicted molar refractivity (Wildman–Crippen MR) is 95.2 cm³/mol. The van der Waals surface area contributed by atoms with Gasteiger partial charge in [0.2, 0.25) is 5.91 Å². The highest BCUT2D eigenvalue weighted by Crippen LogP contribution is 1.99. The molecule has 6 nitrogen and oxygen atoms in total. The normalized spacial score (nSPS) is 11.5. The number of carbonyl (C=O) groups excluding carboxylic acids is 1. The first-order chi connectivity index (χ1) is 11.4. The Labute approximate surface area is 147 Å². The Morgan fingerprint density at radius 3 is 1.58 bits per heavy atom. The fourth-order valence-corrected chi connectivity index (χ4v) is 1.83. The first-order valence-corrected chi connectivity index (χ1v) is 9.01. The molecule has 0 heterocycles. The summed E-state index contributed by atoms with van der Waals surface area (Å²) in [6.07, 6.45) is 1.09. The van der Waals surface area contributed by atoms with E-state index in [2.05, 4.69) is 13.8 Å². The SMILES string of the molecule is CC(C)CCOCCOCCOCCOCCN(C)C(=O)C(C)C. The van der Waals surface area contributed by atoms with Crippen molar-refractivity contribution in [1.82, 2.24) is 4.90 Å². The topological polar surface area (TPSA) is 57.2 Å². The fraction of sp³-hybridized carbons (Fsp3) is 0.944. The number of amides is 1. The lowest BCUT2D eigenvalue weighted by Crippen LogP contribution is -2.33. The zero-order valence-corrected chi connectivity index (χ0v) is 16.2. The summed E-state index contributed by atoms with van der Waals surface area (Å²) in [7, 11) is 1.80. The van der Waals surface area contributed by atoms with Crippen LogP contribution in [0.15, 0.2) is 0 Å². The molecule has 0 aliphatic rings. The molecule has 0 fully saturated rings. The number of hydrogen-bond donors (Lipinski definition) is 0. The molecule has 0 aromatic carbocycles. The highest BCUT2D eigenvalue weighted by atomic mass is 16.6. The highest BCUT2D eigenvalue weighted by Gasteiger charge is 2.11. The van der Waals surface area contributed by atoms with Crippen LogP contribution in [0.4, 0.5) is 0 Å². The van der Waals surface area contributed by atoms with Gasteiger partial charge in [0.15, 0.2) is 0 Å². The van der Waals surface area contributed by atoms with Crippen molar-refractivity contribution in [2.24, 2.45) is 11.8 Å². The summed E-state index contributed by atoms with van der Waals surface area (Å²) >= 11 is 0. The predicted octanol–water partition coefficient (Wildman–Crippen LogP) is 2.21. The Balaban J connectivity index is 3.19. The second kappa shape index (κ2) is 15.8. The third kappa shape index (κ3) is 14.9. The van der Waals surface area contributed by atoms with E-state index in [4.69, 9.17) is 18.9 Å². The van der Waals surface area contributed by atoms with Crippen LogP contribution in [0.5, 0.6) is 0 Å². The number of ether oxygens (including phenoxy) is 4.